The maximum absolute atomic E-state index is 12.4. The highest BCUT2D eigenvalue weighted by Crippen LogP contribution is 2.19. The highest BCUT2D eigenvalue weighted by Gasteiger charge is 2.24. The van der Waals surface area contributed by atoms with Crippen LogP contribution in [0.1, 0.15) is 37.7 Å². The van der Waals surface area contributed by atoms with Crippen molar-refractivity contribution in [3.8, 4) is 5.88 Å². The quantitative estimate of drug-likeness (QED) is 0.919. The average molecular weight is 332 g/mol. The lowest BCUT2D eigenvalue weighted by molar-refractivity contribution is 0.131. The van der Waals surface area contributed by atoms with Crippen molar-refractivity contribution in [2.75, 3.05) is 33.3 Å². The molecule has 2 heterocycles. The van der Waals surface area contributed by atoms with Crippen LogP contribution in [0.25, 0.3) is 0 Å². The van der Waals surface area contributed by atoms with Gasteiger partial charge in [-0.05, 0) is 18.9 Å². The van der Waals surface area contributed by atoms with E-state index in [-0.39, 0.29) is 6.03 Å². The first-order valence-corrected chi connectivity index (χ1v) is 9.02. The Labute approximate surface area is 144 Å². The molecule has 0 atom stereocenters. The summed E-state index contributed by atoms with van der Waals surface area (Å²) in [5, 5.41) is 3.21. The van der Waals surface area contributed by atoms with Gasteiger partial charge in [0.15, 0.2) is 0 Å². The summed E-state index contributed by atoms with van der Waals surface area (Å²) >= 11 is 0. The van der Waals surface area contributed by atoms with Gasteiger partial charge < -0.3 is 15.0 Å². The van der Waals surface area contributed by atoms with Gasteiger partial charge in [-0.1, -0.05) is 25.3 Å². The number of aromatic nitrogens is 1. The molecule has 6 nitrogen and oxygen atoms in total. The van der Waals surface area contributed by atoms with Gasteiger partial charge in [0, 0.05) is 50.5 Å². The second-order valence-corrected chi connectivity index (χ2v) is 6.72. The number of piperazine rings is 1. The first-order valence-electron chi connectivity index (χ1n) is 9.02. The van der Waals surface area contributed by atoms with Crippen molar-refractivity contribution < 1.29 is 9.53 Å². The van der Waals surface area contributed by atoms with Crippen LogP contribution >= 0.6 is 0 Å². The molecule has 132 valence electrons. The number of ether oxygens (including phenoxy) is 1. The Hall–Kier alpha value is -1.82. The number of urea groups is 1. The number of nitrogens with one attached hydrogen (secondary N) is 1. The topological polar surface area (TPSA) is 57.7 Å². The Bertz CT molecular complexity index is 538. The van der Waals surface area contributed by atoms with E-state index >= 15 is 0 Å². The van der Waals surface area contributed by atoms with Crippen LogP contribution in [0, 0.1) is 0 Å². The van der Waals surface area contributed by atoms with Crippen molar-refractivity contribution >= 4 is 6.03 Å². The molecule has 0 unspecified atom stereocenters. The molecule has 1 N–H and O–H groups in total. The molecular weight excluding hydrogens is 304 g/mol. The Kier molecular flexibility index (Phi) is 5.91. The van der Waals surface area contributed by atoms with Gasteiger partial charge in [0.1, 0.15) is 0 Å². The SMILES string of the molecule is COc1ncccc1CN1CCN(C(=O)NC2CCCCC2)CC1. The zero-order valence-electron chi connectivity index (χ0n) is 14.5. The van der Waals surface area contributed by atoms with Gasteiger partial charge in [0.25, 0.3) is 0 Å². The monoisotopic (exact) mass is 332 g/mol. The second kappa shape index (κ2) is 8.33. The molecule has 0 spiro atoms. The minimum Gasteiger partial charge on any atom is -0.481 e. The molecule has 0 aromatic carbocycles. The normalized spacial score (nSPS) is 20.0. The third-order valence-corrected chi connectivity index (χ3v) is 5.03. The summed E-state index contributed by atoms with van der Waals surface area (Å²) in [7, 11) is 1.65. The Morgan fingerprint density at radius 1 is 1.25 bits per heavy atom. The standard InChI is InChI=1S/C18H28N4O2/c1-24-17-15(6-5-9-19-17)14-21-10-12-22(13-11-21)18(23)20-16-7-3-2-4-8-16/h5-6,9,16H,2-4,7-8,10-14H2,1H3,(H,20,23). The number of nitrogens with zero attached hydrogens (tertiary/aromatic N) is 3. The lowest BCUT2D eigenvalue weighted by Crippen LogP contribution is -2.53. The number of amides is 2. The van der Waals surface area contributed by atoms with E-state index in [0.717, 1.165) is 51.1 Å². The van der Waals surface area contributed by atoms with Crippen LogP contribution in [-0.4, -0.2) is 60.1 Å². The molecule has 2 fully saturated rings. The number of carbonyl (C=O) groups is 1. The second-order valence-electron chi connectivity index (χ2n) is 6.72. The zero-order chi connectivity index (χ0) is 16.8. The molecular formula is C18H28N4O2. The third kappa shape index (κ3) is 4.38. The van der Waals surface area contributed by atoms with Crippen molar-refractivity contribution in [1.29, 1.82) is 0 Å². The molecule has 1 aliphatic carbocycles. The first-order chi connectivity index (χ1) is 11.8. The number of hydrogen-bond donors (Lipinski definition) is 1. The molecule has 1 aliphatic heterocycles. The lowest BCUT2D eigenvalue weighted by atomic mass is 9.96. The predicted molar refractivity (Wildman–Crippen MR) is 93.0 cm³/mol. The van der Waals surface area contributed by atoms with Crippen molar-refractivity contribution in [1.82, 2.24) is 20.1 Å². The van der Waals surface area contributed by atoms with Crippen LogP contribution in [-0.2, 0) is 6.54 Å². The molecule has 2 aliphatic rings. The summed E-state index contributed by atoms with van der Waals surface area (Å²) in [6.07, 6.45) is 7.80. The smallest absolute Gasteiger partial charge is 0.317 e. The van der Waals surface area contributed by atoms with E-state index in [4.69, 9.17) is 4.74 Å². The summed E-state index contributed by atoms with van der Waals surface area (Å²) in [5.41, 5.74) is 1.10. The van der Waals surface area contributed by atoms with E-state index in [1.165, 1.54) is 19.3 Å². The fourth-order valence-corrected chi connectivity index (χ4v) is 3.59. The van der Waals surface area contributed by atoms with Gasteiger partial charge in [-0.15, -0.1) is 0 Å². The van der Waals surface area contributed by atoms with Crippen LogP contribution in [0.2, 0.25) is 0 Å². The summed E-state index contributed by atoms with van der Waals surface area (Å²) in [4.78, 5) is 20.9. The number of hydrogen-bond acceptors (Lipinski definition) is 4. The van der Waals surface area contributed by atoms with Gasteiger partial charge in [-0.2, -0.15) is 0 Å². The fourth-order valence-electron chi connectivity index (χ4n) is 3.59. The van der Waals surface area contributed by atoms with Gasteiger partial charge >= 0.3 is 6.03 Å². The van der Waals surface area contributed by atoms with E-state index in [2.05, 4.69) is 15.2 Å². The molecule has 0 radical (unpaired) electrons. The molecule has 24 heavy (non-hydrogen) atoms. The van der Waals surface area contributed by atoms with Gasteiger partial charge in [-0.25, -0.2) is 9.78 Å². The molecule has 1 aromatic rings. The number of pyridine rings is 1. The summed E-state index contributed by atoms with van der Waals surface area (Å²) in [6.45, 7) is 4.14. The Balaban J connectivity index is 1.46. The maximum Gasteiger partial charge on any atom is 0.317 e. The average Bonchev–Trinajstić information content (AvgIpc) is 2.63. The number of methoxy groups -OCH3 is 1. The molecule has 1 aromatic heterocycles. The van der Waals surface area contributed by atoms with E-state index in [9.17, 15) is 4.79 Å². The minimum atomic E-state index is 0.112. The zero-order valence-corrected chi connectivity index (χ0v) is 14.5. The van der Waals surface area contributed by atoms with Crippen LogP contribution in [0.15, 0.2) is 18.3 Å². The number of rotatable bonds is 4. The largest absolute Gasteiger partial charge is 0.481 e. The van der Waals surface area contributed by atoms with Gasteiger partial charge in [0.05, 0.1) is 7.11 Å². The molecule has 2 amide bonds. The predicted octanol–water partition coefficient (Wildman–Crippen LogP) is 2.25. The van der Waals surface area contributed by atoms with Crippen molar-refractivity contribution in [2.24, 2.45) is 0 Å². The molecule has 3 rings (SSSR count). The summed E-state index contributed by atoms with van der Waals surface area (Å²) in [6, 6.07) is 4.48. The molecule has 1 saturated carbocycles. The first kappa shape index (κ1) is 17.0. The minimum absolute atomic E-state index is 0.112. The van der Waals surface area contributed by atoms with Crippen molar-refractivity contribution in [2.45, 2.75) is 44.7 Å². The van der Waals surface area contributed by atoms with Crippen molar-refractivity contribution in [3.05, 3.63) is 23.9 Å². The summed E-state index contributed by atoms with van der Waals surface area (Å²) < 4.78 is 5.32. The highest BCUT2D eigenvalue weighted by molar-refractivity contribution is 5.74. The van der Waals surface area contributed by atoms with Crippen molar-refractivity contribution in [3.63, 3.8) is 0 Å². The van der Waals surface area contributed by atoms with E-state index in [1.54, 1.807) is 13.3 Å². The Morgan fingerprint density at radius 3 is 2.71 bits per heavy atom. The molecule has 6 heteroatoms. The van der Waals surface area contributed by atoms with Gasteiger partial charge in [-0.3, -0.25) is 4.90 Å². The summed E-state index contributed by atoms with van der Waals surface area (Å²) in [5.74, 6) is 0.690. The maximum atomic E-state index is 12.4. The highest BCUT2D eigenvalue weighted by atomic mass is 16.5. The third-order valence-electron chi connectivity index (χ3n) is 5.03. The van der Waals surface area contributed by atoms with Crippen LogP contribution in [0.5, 0.6) is 5.88 Å². The van der Waals surface area contributed by atoms with E-state index < -0.39 is 0 Å². The fraction of sp³-hybridized carbons (Fsp3) is 0.667. The lowest BCUT2D eigenvalue weighted by Gasteiger charge is -2.36. The van der Waals surface area contributed by atoms with Crippen LogP contribution in [0.3, 0.4) is 0 Å². The molecule has 1 saturated heterocycles. The Morgan fingerprint density at radius 2 is 2.00 bits per heavy atom. The van der Waals surface area contributed by atoms with E-state index in [0.29, 0.717) is 11.9 Å². The van der Waals surface area contributed by atoms with E-state index in [1.807, 2.05) is 17.0 Å². The number of carbonyl (C=O) groups excluding carboxylic acids is 1. The molecule has 0 bridgehead atoms. The van der Waals surface area contributed by atoms with Crippen LogP contribution in [0.4, 0.5) is 4.79 Å². The van der Waals surface area contributed by atoms with Crippen LogP contribution < -0.4 is 10.1 Å². The van der Waals surface area contributed by atoms with Gasteiger partial charge in [0.2, 0.25) is 5.88 Å².